The minimum atomic E-state index is -0.253. The second-order valence-electron chi connectivity index (χ2n) is 36.5. The van der Waals surface area contributed by atoms with Gasteiger partial charge < -0.3 is 19.4 Å². The van der Waals surface area contributed by atoms with Crippen LogP contribution in [0.15, 0.2) is 164 Å². The Bertz CT molecular complexity index is 4700. The Kier molecular flexibility index (Phi) is 12.5. The summed E-state index contributed by atoms with van der Waals surface area (Å²) in [5, 5.41) is 0. The second-order valence-corrected chi connectivity index (χ2v) is 36.5. The minimum absolute atomic E-state index is 0.0157. The van der Waals surface area contributed by atoms with Gasteiger partial charge in [0.2, 0.25) is 0 Å². The summed E-state index contributed by atoms with van der Waals surface area (Å²) in [7, 11) is 0. The van der Waals surface area contributed by atoms with Crippen molar-refractivity contribution in [3.05, 3.63) is 231 Å². The van der Waals surface area contributed by atoms with Gasteiger partial charge in [0.15, 0.2) is 0 Å². The van der Waals surface area contributed by atoms with Crippen molar-refractivity contribution < 1.29 is 4.74 Å². The molecule has 0 aromatic heterocycles. The van der Waals surface area contributed by atoms with Gasteiger partial charge in [0.05, 0.1) is 11.7 Å². The molecule has 95 heavy (non-hydrogen) atoms. The predicted octanol–water partition coefficient (Wildman–Crippen LogP) is 22.7. The van der Waals surface area contributed by atoms with Crippen LogP contribution in [-0.4, -0.2) is 12.7 Å². The smallest absolute Gasteiger partial charge is 0.267 e. The largest absolute Gasteiger partial charge is 0.495 e. The number of anilines is 8. The number of ether oxygens (including phenoxy) is 1. The van der Waals surface area contributed by atoms with E-state index in [0.717, 1.165) is 61.3 Å². The van der Waals surface area contributed by atoms with Gasteiger partial charge >= 0.3 is 0 Å². The van der Waals surface area contributed by atoms with Crippen molar-refractivity contribution >= 4 is 63.1 Å². The molecule has 5 heteroatoms. The van der Waals surface area contributed by atoms with E-state index in [9.17, 15) is 0 Å². The zero-order valence-electron chi connectivity index (χ0n) is 60.3. The van der Waals surface area contributed by atoms with Gasteiger partial charge in [-0.25, -0.2) is 0 Å². The lowest BCUT2D eigenvalue weighted by Crippen LogP contribution is -2.65. The van der Waals surface area contributed by atoms with E-state index in [2.05, 4.69) is 310 Å². The van der Waals surface area contributed by atoms with Crippen LogP contribution in [0, 0.1) is 0 Å². The Hall–Kier alpha value is -7.76. The number of nitrogens with zero attached hydrogens (tertiary/aromatic N) is 3. The first-order chi connectivity index (χ1) is 44.7. The first-order valence-electron chi connectivity index (χ1n) is 36.0. The third-order valence-electron chi connectivity index (χ3n) is 26.0. The van der Waals surface area contributed by atoms with Crippen molar-refractivity contribution in [2.75, 3.05) is 14.7 Å². The van der Waals surface area contributed by atoms with Gasteiger partial charge in [0.1, 0.15) is 11.8 Å². The number of hydrogen-bond acceptors (Lipinski definition) is 4. The molecule has 9 aromatic carbocycles. The summed E-state index contributed by atoms with van der Waals surface area (Å²) in [6.45, 7) is 46.7. The van der Waals surface area contributed by atoms with Gasteiger partial charge in [-0.3, -0.25) is 0 Å². The van der Waals surface area contributed by atoms with E-state index in [1.807, 2.05) is 0 Å². The van der Waals surface area contributed by atoms with Crippen molar-refractivity contribution in [2.45, 2.75) is 231 Å². The van der Waals surface area contributed by atoms with Crippen LogP contribution in [0.1, 0.15) is 243 Å². The highest BCUT2D eigenvalue weighted by Gasteiger charge is 2.57. The summed E-state index contributed by atoms with van der Waals surface area (Å²) in [5.74, 6) is 1.00. The van der Waals surface area contributed by atoms with Crippen molar-refractivity contribution in [2.24, 2.45) is 0 Å². The molecule has 3 aliphatic heterocycles. The Morgan fingerprint density at radius 2 is 0.842 bits per heavy atom. The highest BCUT2D eigenvalue weighted by molar-refractivity contribution is 6.91. The third-order valence-corrected chi connectivity index (χ3v) is 26.0. The fourth-order valence-electron chi connectivity index (χ4n) is 19.7. The second kappa shape index (κ2) is 19.5. The van der Waals surface area contributed by atoms with Crippen LogP contribution in [0.4, 0.5) is 45.5 Å². The molecule has 0 spiro atoms. The third kappa shape index (κ3) is 8.63. The van der Waals surface area contributed by atoms with Gasteiger partial charge in [-0.1, -0.05) is 216 Å². The van der Waals surface area contributed by atoms with Crippen LogP contribution >= 0.6 is 0 Å². The summed E-state index contributed by atoms with van der Waals surface area (Å²) in [6.07, 6.45) is 6.86. The molecule has 8 aliphatic rings. The maximum absolute atomic E-state index is 7.95. The molecule has 2 unspecified atom stereocenters. The quantitative estimate of drug-likeness (QED) is 0.160. The minimum Gasteiger partial charge on any atom is -0.495 e. The lowest BCUT2D eigenvalue weighted by atomic mass is 9.32. The van der Waals surface area contributed by atoms with Crippen molar-refractivity contribution in [1.29, 1.82) is 0 Å². The summed E-state index contributed by atoms with van der Waals surface area (Å²) in [6, 6.07) is 66.0. The Morgan fingerprint density at radius 3 is 1.37 bits per heavy atom. The molecule has 4 nitrogen and oxygen atoms in total. The highest BCUT2D eigenvalue weighted by Crippen LogP contribution is 2.60. The molecular weight excluding hydrogens is 1150 g/mol. The van der Waals surface area contributed by atoms with Gasteiger partial charge in [0, 0.05) is 56.2 Å². The molecule has 0 saturated heterocycles. The maximum atomic E-state index is 7.95. The summed E-state index contributed by atoms with van der Waals surface area (Å²) >= 11 is 0. The first-order valence-corrected chi connectivity index (χ1v) is 36.0. The van der Waals surface area contributed by atoms with E-state index in [4.69, 9.17) is 4.74 Å². The van der Waals surface area contributed by atoms with Crippen LogP contribution in [0.2, 0.25) is 0 Å². The number of rotatable bonds is 5. The van der Waals surface area contributed by atoms with E-state index >= 15 is 0 Å². The van der Waals surface area contributed by atoms with E-state index in [1.54, 1.807) is 0 Å². The standard InChI is InChI=1S/C90H98BN3O/c1-82(2,3)53-28-37-78-63(44-53)80-81(95-78)91-74-51-72-73(88(14,15)43-42-87(72,12)13)52-75(74)93(56-31-35-66-70(47-56)85(8,9)40-38-83(66,4)5)76-49-58(50-77(79(76)91)94(80)57-32-36-67-71(48-57)86(10,11)41-39-84(67,6)7)92(54-29-33-61-59-24-20-22-26-64(59)89(16,17)68(61)45-54)55-30-34-62-60-25-21-23-27-65(60)90(18,19)69(62)46-55/h20-37,44-52,80-81H,38-43H2,1-19H3. The molecular formula is C90H98BN3O. The van der Waals surface area contributed by atoms with E-state index in [-0.39, 0.29) is 67.5 Å². The monoisotopic (exact) mass is 1250 g/mol. The van der Waals surface area contributed by atoms with Crippen LogP contribution in [0.5, 0.6) is 5.75 Å². The summed E-state index contributed by atoms with van der Waals surface area (Å²) < 4.78 is 7.95. The average Bonchev–Trinajstić information content (AvgIpc) is 1.66. The molecule has 0 radical (unpaired) electrons. The van der Waals surface area contributed by atoms with E-state index < -0.39 is 0 Å². The van der Waals surface area contributed by atoms with Crippen molar-refractivity contribution in [3.8, 4) is 28.0 Å². The summed E-state index contributed by atoms with van der Waals surface area (Å²) in [4.78, 5) is 8.24. The normalized spacial score (nSPS) is 21.9. The van der Waals surface area contributed by atoms with Crippen molar-refractivity contribution in [1.82, 2.24) is 0 Å². The molecule has 5 aliphatic carbocycles. The van der Waals surface area contributed by atoms with E-state index in [0.29, 0.717) is 0 Å². The summed E-state index contributed by atoms with van der Waals surface area (Å²) in [5.41, 5.74) is 34.1. The number of fused-ring (bicyclic) bond motifs is 15. The molecule has 3 heterocycles. The van der Waals surface area contributed by atoms with Gasteiger partial charge in [-0.05, 0) is 250 Å². The van der Waals surface area contributed by atoms with Gasteiger partial charge in [0.25, 0.3) is 6.71 Å². The van der Waals surface area contributed by atoms with Crippen LogP contribution < -0.4 is 30.4 Å². The zero-order chi connectivity index (χ0) is 66.6. The number of benzene rings is 9. The topological polar surface area (TPSA) is 19.0 Å². The maximum Gasteiger partial charge on any atom is 0.267 e. The van der Waals surface area contributed by atoms with Gasteiger partial charge in [-0.15, -0.1) is 0 Å². The van der Waals surface area contributed by atoms with Crippen LogP contribution in [0.25, 0.3) is 22.3 Å². The predicted molar refractivity (Wildman–Crippen MR) is 403 cm³/mol. The molecule has 17 rings (SSSR count). The molecule has 0 saturated carbocycles. The fraction of sp³-hybridized carbons (Fsp3) is 0.400. The molecule has 2 atom stereocenters. The molecule has 0 amide bonds. The SMILES string of the molecule is CC(C)(C)c1ccc2c(c1)C1C(O2)B2c3cc4c(cc3N(c3ccc5c(c3)C(C)(C)CCC5(C)C)c3cc(N(c5ccc6c(c5)C(C)(C)c5ccccc5-6)c5ccc6c(c5)C(C)(C)c5ccccc5-6)cc(c32)N1c1ccc2c(c1)C(C)(C)CCC2(C)C)C(C)(C)CCC4(C)C. The fourth-order valence-corrected chi connectivity index (χ4v) is 19.7. The van der Waals surface area contributed by atoms with Gasteiger partial charge in [-0.2, -0.15) is 0 Å². The Balaban J connectivity index is 1.02. The molecule has 0 N–H and O–H groups in total. The first kappa shape index (κ1) is 60.9. The van der Waals surface area contributed by atoms with Crippen LogP contribution in [-0.2, 0) is 48.7 Å². The van der Waals surface area contributed by atoms with Crippen LogP contribution in [0.3, 0.4) is 0 Å². The number of hydrogen-bond donors (Lipinski definition) is 0. The Morgan fingerprint density at radius 1 is 0.389 bits per heavy atom. The average molecular weight is 1250 g/mol. The molecule has 482 valence electrons. The lowest BCUT2D eigenvalue weighted by Gasteiger charge is -2.50. The molecule has 0 fully saturated rings. The zero-order valence-corrected chi connectivity index (χ0v) is 60.3. The molecule has 9 aromatic rings. The lowest BCUT2D eigenvalue weighted by molar-refractivity contribution is 0.282. The van der Waals surface area contributed by atoms with E-state index in [1.165, 1.54) is 128 Å². The highest BCUT2D eigenvalue weighted by atomic mass is 16.5. The van der Waals surface area contributed by atoms with Crippen molar-refractivity contribution in [3.63, 3.8) is 0 Å². The molecule has 0 bridgehead atoms. The Labute approximate surface area is 568 Å².